The quantitative estimate of drug-likeness (QED) is 0.569. The Morgan fingerprint density at radius 1 is 0.750 bits per heavy atom. The lowest BCUT2D eigenvalue weighted by atomic mass is 9.62. The molecular formula is C22H40N4O2. The number of hydrogen-bond acceptors (Lipinski definition) is 2. The lowest BCUT2D eigenvalue weighted by Gasteiger charge is -2.47. The molecule has 160 valence electrons. The smallest absolute Gasteiger partial charge is 0.315 e. The Hall–Kier alpha value is -1.46. The highest BCUT2D eigenvalue weighted by Gasteiger charge is 2.42. The van der Waals surface area contributed by atoms with Crippen LogP contribution in [0.1, 0.15) is 91.4 Å². The highest BCUT2D eigenvalue weighted by molar-refractivity contribution is 5.75. The van der Waals surface area contributed by atoms with Crippen LogP contribution in [0.5, 0.6) is 0 Å². The molecule has 2 atom stereocenters. The summed E-state index contributed by atoms with van der Waals surface area (Å²) in [4.78, 5) is 24.7. The molecule has 0 radical (unpaired) electrons. The summed E-state index contributed by atoms with van der Waals surface area (Å²) < 4.78 is 0. The molecule has 3 saturated carbocycles. The number of rotatable bonds is 5. The Balaban J connectivity index is 1.49. The van der Waals surface area contributed by atoms with Crippen molar-refractivity contribution in [2.75, 3.05) is 6.54 Å². The number of hydrogen-bond donors (Lipinski definition) is 4. The van der Waals surface area contributed by atoms with Crippen molar-refractivity contribution in [3.63, 3.8) is 0 Å². The van der Waals surface area contributed by atoms with Crippen molar-refractivity contribution in [2.45, 2.75) is 110 Å². The first-order valence-corrected chi connectivity index (χ1v) is 11.3. The van der Waals surface area contributed by atoms with Gasteiger partial charge >= 0.3 is 12.1 Å². The van der Waals surface area contributed by atoms with E-state index in [1.165, 1.54) is 25.7 Å². The lowest BCUT2D eigenvalue weighted by Crippen LogP contribution is -2.54. The van der Waals surface area contributed by atoms with Crippen LogP contribution in [0.4, 0.5) is 9.59 Å². The Bertz CT molecular complexity index is 553. The van der Waals surface area contributed by atoms with Gasteiger partial charge in [0, 0.05) is 24.7 Å². The molecule has 6 heteroatoms. The largest absolute Gasteiger partial charge is 0.338 e. The molecule has 4 amide bonds. The van der Waals surface area contributed by atoms with Crippen LogP contribution in [0.15, 0.2) is 0 Å². The molecule has 0 aromatic rings. The van der Waals surface area contributed by atoms with Gasteiger partial charge in [-0.15, -0.1) is 0 Å². The minimum absolute atomic E-state index is 0.0138. The molecule has 3 aliphatic rings. The molecular weight excluding hydrogens is 352 g/mol. The molecule has 0 bridgehead atoms. The first-order chi connectivity index (χ1) is 13.2. The third-order valence-corrected chi connectivity index (χ3v) is 6.84. The van der Waals surface area contributed by atoms with Crippen molar-refractivity contribution in [3.8, 4) is 0 Å². The Kier molecular flexibility index (Phi) is 6.77. The van der Waals surface area contributed by atoms with E-state index in [4.69, 9.17) is 0 Å². The van der Waals surface area contributed by atoms with Gasteiger partial charge in [-0.3, -0.25) is 0 Å². The van der Waals surface area contributed by atoms with E-state index in [1.807, 2.05) is 0 Å². The van der Waals surface area contributed by atoms with Gasteiger partial charge in [-0.25, -0.2) is 9.59 Å². The van der Waals surface area contributed by atoms with Gasteiger partial charge in [0.05, 0.1) is 0 Å². The minimum atomic E-state index is -0.0417. The van der Waals surface area contributed by atoms with Gasteiger partial charge in [0.1, 0.15) is 0 Å². The standard InChI is InChI=1S/C22H40N4O2/c1-21(2)12-18(26-20(28)25-17-10-6-7-11-17)13-22(3,14-21)15-23-19(27)24-16-8-4-5-9-16/h16-18H,4-15H2,1-3H3,(H2,23,24,27)(H2,25,26,28)/t18-,22+/m1/s1. The minimum Gasteiger partial charge on any atom is -0.338 e. The van der Waals surface area contributed by atoms with E-state index in [9.17, 15) is 9.59 Å². The summed E-state index contributed by atoms with van der Waals surface area (Å²) in [6.45, 7) is 7.43. The average molecular weight is 393 g/mol. The van der Waals surface area contributed by atoms with Gasteiger partial charge in [-0.1, -0.05) is 46.5 Å². The molecule has 3 rings (SSSR count). The highest BCUT2D eigenvalue weighted by Crippen LogP contribution is 2.45. The number of carbonyl (C=O) groups excluding carboxylic acids is 2. The van der Waals surface area contributed by atoms with E-state index < -0.39 is 0 Å². The zero-order chi connectivity index (χ0) is 20.2. The molecule has 6 nitrogen and oxygen atoms in total. The second-order valence-electron chi connectivity index (χ2n) is 10.7. The Morgan fingerprint density at radius 2 is 1.25 bits per heavy atom. The van der Waals surface area contributed by atoms with Crippen LogP contribution in [-0.2, 0) is 0 Å². The third-order valence-electron chi connectivity index (χ3n) is 6.84. The van der Waals surface area contributed by atoms with E-state index in [2.05, 4.69) is 42.0 Å². The lowest BCUT2D eigenvalue weighted by molar-refractivity contribution is 0.0746. The summed E-state index contributed by atoms with van der Waals surface area (Å²) in [5, 5.41) is 12.6. The molecule has 28 heavy (non-hydrogen) atoms. The molecule has 0 unspecified atom stereocenters. The first-order valence-electron chi connectivity index (χ1n) is 11.3. The van der Waals surface area contributed by atoms with Gasteiger partial charge in [-0.05, 0) is 55.8 Å². The van der Waals surface area contributed by atoms with Crippen molar-refractivity contribution in [1.29, 1.82) is 0 Å². The fourth-order valence-corrected chi connectivity index (χ4v) is 5.95. The molecule has 0 aliphatic heterocycles. The number of carbonyl (C=O) groups is 2. The van der Waals surface area contributed by atoms with Gasteiger partial charge in [-0.2, -0.15) is 0 Å². The third kappa shape index (κ3) is 6.28. The zero-order valence-electron chi connectivity index (χ0n) is 18.0. The van der Waals surface area contributed by atoms with Crippen LogP contribution >= 0.6 is 0 Å². The summed E-state index contributed by atoms with van der Waals surface area (Å²) in [5.74, 6) is 0. The van der Waals surface area contributed by atoms with Crippen LogP contribution in [0.3, 0.4) is 0 Å². The van der Waals surface area contributed by atoms with Crippen molar-refractivity contribution in [2.24, 2.45) is 10.8 Å². The van der Waals surface area contributed by atoms with Crippen LogP contribution in [0.2, 0.25) is 0 Å². The zero-order valence-corrected chi connectivity index (χ0v) is 18.0. The second-order valence-corrected chi connectivity index (χ2v) is 10.7. The van der Waals surface area contributed by atoms with Gasteiger partial charge < -0.3 is 21.3 Å². The monoisotopic (exact) mass is 392 g/mol. The van der Waals surface area contributed by atoms with Crippen molar-refractivity contribution >= 4 is 12.1 Å². The summed E-state index contributed by atoms with van der Waals surface area (Å²) >= 11 is 0. The second kappa shape index (κ2) is 8.91. The normalized spacial score (nSPS) is 30.8. The van der Waals surface area contributed by atoms with E-state index in [-0.39, 0.29) is 28.9 Å². The van der Waals surface area contributed by atoms with E-state index in [0.717, 1.165) is 44.9 Å². The Labute approximate surface area is 170 Å². The van der Waals surface area contributed by atoms with Gasteiger partial charge in [0.25, 0.3) is 0 Å². The number of urea groups is 2. The molecule has 0 spiro atoms. The summed E-state index contributed by atoms with van der Waals surface area (Å²) in [6, 6.07) is 0.756. The Morgan fingerprint density at radius 3 is 1.82 bits per heavy atom. The molecule has 4 N–H and O–H groups in total. The van der Waals surface area contributed by atoms with E-state index in [1.54, 1.807) is 0 Å². The fourth-order valence-electron chi connectivity index (χ4n) is 5.95. The molecule has 0 aromatic heterocycles. The maximum Gasteiger partial charge on any atom is 0.315 e. The number of amides is 4. The fraction of sp³-hybridized carbons (Fsp3) is 0.909. The predicted octanol–water partition coefficient (Wildman–Crippen LogP) is 4.06. The van der Waals surface area contributed by atoms with Crippen LogP contribution in [0, 0.1) is 10.8 Å². The maximum absolute atomic E-state index is 12.4. The van der Waals surface area contributed by atoms with Crippen molar-refractivity contribution in [1.82, 2.24) is 21.3 Å². The van der Waals surface area contributed by atoms with Gasteiger partial charge in [0.2, 0.25) is 0 Å². The van der Waals surface area contributed by atoms with Crippen molar-refractivity contribution in [3.05, 3.63) is 0 Å². The number of nitrogens with one attached hydrogen (secondary N) is 4. The topological polar surface area (TPSA) is 82.3 Å². The molecule has 3 aliphatic carbocycles. The summed E-state index contributed by atoms with van der Waals surface area (Å²) in [5.41, 5.74) is 0.127. The maximum atomic E-state index is 12.4. The van der Waals surface area contributed by atoms with Gasteiger partial charge in [0.15, 0.2) is 0 Å². The highest BCUT2D eigenvalue weighted by atomic mass is 16.2. The first kappa shape index (κ1) is 21.3. The average Bonchev–Trinajstić information content (AvgIpc) is 3.25. The van der Waals surface area contributed by atoms with Crippen LogP contribution in [0.25, 0.3) is 0 Å². The van der Waals surface area contributed by atoms with E-state index >= 15 is 0 Å². The van der Waals surface area contributed by atoms with Crippen LogP contribution < -0.4 is 21.3 Å². The molecule has 0 aromatic carbocycles. The van der Waals surface area contributed by atoms with E-state index in [0.29, 0.717) is 18.6 Å². The van der Waals surface area contributed by atoms with Crippen molar-refractivity contribution < 1.29 is 9.59 Å². The molecule has 0 heterocycles. The molecule has 0 saturated heterocycles. The summed E-state index contributed by atoms with van der Waals surface area (Å²) in [7, 11) is 0. The summed E-state index contributed by atoms with van der Waals surface area (Å²) in [6.07, 6.45) is 12.2. The van der Waals surface area contributed by atoms with Crippen LogP contribution in [-0.4, -0.2) is 36.7 Å². The molecule has 3 fully saturated rings. The predicted molar refractivity (Wildman–Crippen MR) is 112 cm³/mol. The SMILES string of the molecule is CC1(C)C[C@@H](NC(=O)NC2CCCC2)C[C@](C)(CNC(=O)NC2CCCC2)C1.